The van der Waals surface area contributed by atoms with Gasteiger partial charge in [-0.1, -0.05) is 13.0 Å². The number of amides is 3. The zero-order chi connectivity index (χ0) is 20.3. The zero-order valence-corrected chi connectivity index (χ0v) is 15.2. The van der Waals surface area contributed by atoms with E-state index in [0.717, 1.165) is 11.0 Å². The third-order valence-corrected chi connectivity index (χ3v) is 4.43. The van der Waals surface area contributed by atoms with Crippen molar-refractivity contribution in [3.05, 3.63) is 54.1 Å². The fraction of sp³-hybridized carbons (Fsp3) is 0.250. The van der Waals surface area contributed by atoms with Crippen LogP contribution < -0.4 is 15.5 Å². The highest BCUT2D eigenvalue weighted by Crippen LogP contribution is 2.28. The van der Waals surface area contributed by atoms with E-state index in [1.807, 2.05) is 0 Å². The number of carbonyl (C=O) groups is 3. The normalized spacial score (nSPS) is 16.2. The van der Waals surface area contributed by atoms with Gasteiger partial charge in [0.05, 0.1) is 11.6 Å². The Balaban J connectivity index is 1.68. The predicted octanol–water partition coefficient (Wildman–Crippen LogP) is 3.30. The van der Waals surface area contributed by atoms with E-state index in [1.165, 1.54) is 6.07 Å². The molecule has 146 valence electrons. The summed E-state index contributed by atoms with van der Waals surface area (Å²) in [5.74, 6) is -3.22. The molecule has 1 aliphatic heterocycles. The number of nitrogens with one attached hydrogen (secondary N) is 2. The molecule has 1 heterocycles. The second kappa shape index (κ2) is 8.16. The smallest absolute Gasteiger partial charge is 0.229 e. The van der Waals surface area contributed by atoms with Crippen LogP contribution >= 0.6 is 0 Å². The first-order chi connectivity index (χ1) is 13.4. The number of carbonyl (C=O) groups excluding carboxylic acids is 3. The van der Waals surface area contributed by atoms with Gasteiger partial charge >= 0.3 is 0 Å². The molecule has 0 saturated carbocycles. The van der Waals surface area contributed by atoms with Gasteiger partial charge in [-0.2, -0.15) is 0 Å². The van der Waals surface area contributed by atoms with Crippen molar-refractivity contribution in [1.82, 2.24) is 0 Å². The van der Waals surface area contributed by atoms with Crippen molar-refractivity contribution in [2.24, 2.45) is 5.92 Å². The molecule has 2 N–H and O–H groups in total. The van der Waals surface area contributed by atoms with Gasteiger partial charge in [-0.3, -0.25) is 14.4 Å². The molecule has 1 atom stereocenters. The Morgan fingerprint density at radius 3 is 2.50 bits per heavy atom. The molecule has 0 bridgehead atoms. The lowest BCUT2D eigenvalue weighted by Gasteiger charge is -2.17. The largest absolute Gasteiger partial charge is 0.326 e. The average Bonchev–Trinajstić information content (AvgIpc) is 3.03. The molecule has 6 nitrogen and oxygen atoms in total. The van der Waals surface area contributed by atoms with Crippen molar-refractivity contribution < 1.29 is 23.2 Å². The van der Waals surface area contributed by atoms with E-state index in [9.17, 15) is 23.2 Å². The van der Waals surface area contributed by atoms with Gasteiger partial charge in [-0.05, 0) is 30.3 Å². The Morgan fingerprint density at radius 2 is 1.82 bits per heavy atom. The van der Waals surface area contributed by atoms with Gasteiger partial charge in [0.15, 0.2) is 0 Å². The first-order valence-electron chi connectivity index (χ1n) is 8.83. The maximum Gasteiger partial charge on any atom is 0.229 e. The molecule has 1 fully saturated rings. The van der Waals surface area contributed by atoms with Crippen LogP contribution in [0.25, 0.3) is 0 Å². The first kappa shape index (κ1) is 19.5. The van der Waals surface area contributed by atoms with Crippen molar-refractivity contribution in [2.45, 2.75) is 19.8 Å². The fourth-order valence-corrected chi connectivity index (χ4v) is 2.98. The lowest BCUT2D eigenvalue weighted by Crippen LogP contribution is -2.28. The summed E-state index contributed by atoms with van der Waals surface area (Å²) in [7, 11) is 0. The van der Waals surface area contributed by atoms with E-state index >= 15 is 0 Å². The minimum atomic E-state index is -0.853. The second-order valence-electron chi connectivity index (χ2n) is 6.47. The number of hydrogen-bond donors (Lipinski definition) is 2. The molecule has 0 radical (unpaired) electrons. The third kappa shape index (κ3) is 4.33. The Bertz CT molecular complexity index is 933. The highest BCUT2D eigenvalue weighted by molar-refractivity contribution is 6.03. The predicted molar refractivity (Wildman–Crippen MR) is 101 cm³/mol. The molecule has 1 saturated heterocycles. The van der Waals surface area contributed by atoms with E-state index in [1.54, 1.807) is 31.2 Å². The van der Waals surface area contributed by atoms with Gasteiger partial charge in [0.25, 0.3) is 0 Å². The van der Waals surface area contributed by atoms with Gasteiger partial charge in [-0.25, -0.2) is 8.78 Å². The Labute approximate surface area is 160 Å². The van der Waals surface area contributed by atoms with Crippen LogP contribution in [0.15, 0.2) is 42.5 Å². The molecule has 3 amide bonds. The molecule has 0 aliphatic carbocycles. The SMILES string of the molecule is CCC(=O)Nc1cccc(NC(=O)C2CC(=O)N(c3ccc(F)cc3F)C2)c1. The number of benzene rings is 2. The summed E-state index contributed by atoms with van der Waals surface area (Å²) in [6.07, 6.45) is 0.255. The summed E-state index contributed by atoms with van der Waals surface area (Å²) < 4.78 is 27.0. The zero-order valence-electron chi connectivity index (χ0n) is 15.2. The molecule has 1 aliphatic rings. The summed E-state index contributed by atoms with van der Waals surface area (Å²) in [6, 6.07) is 9.60. The van der Waals surface area contributed by atoms with Gasteiger partial charge in [0.1, 0.15) is 11.6 Å². The lowest BCUT2D eigenvalue weighted by molar-refractivity contribution is -0.122. The van der Waals surface area contributed by atoms with Crippen LogP contribution in [-0.4, -0.2) is 24.3 Å². The van der Waals surface area contributed by atoms with Crippen LogP contribution in [0.4, 0.5) is 25.8 Å². The fourth-order valence-electron chi connectivity index (χ4n) is 2.98. The maximum absolute atomic E-state index is 14.0. The van der Waals surface area contributed by atoms with Crippen LogP contribution in [0.5, 0.6) is 0 Å². The highest BCUT2D eigenvalue weighted by atomic mass is 19.1. The summed E-state index contributed by atoms with van der Waals surface area (Å²) in [5.41, 5.74) is 0.964. The third-order valence-electron chi connectivity index (χ3n) is 4.43. The van der Waals surface area contributed by atoms with E-state index < -0.39 is 29.4 Å². The van der Waals surface area contributed by atoms with Gasteiger partial charge in [0.2, 0.25) is 17.7 Å². The first-order valence-corrected chi connectivity index (χ1v) is 8.83. The van der Waals surface area contributed by atoms with Crippen LogP contribution in [-0.2, 0) is 14.4 Å². The molecule has 0 aromatic heterocycles. The van der Waals surface area contributed by atoms with Gasteiger partial charge < -0.3 is 15.5 Å². The van der Waals surface area contributed by atoms with Crippen molar-refractivity contribution in [2.75, 3.05) is 22.1 Å². The van der Waals surface area contributed by atoms with E-state index in [-0.39, 0.29) is 24.6 Å². The minimum absolute atomic E-state index is 0.000515. The van der Waals surface area contributed by atoms with E-state index in [2.05, 4.69) is 10.6 Å². The van der Waals surface area contributed by atoms with Crippen molar-refractivity contribution in [3.63, 3.8) is 0 Å². The molecule has 28 heavy (non-hydrogen) atoms. The number of rotatable bonds is 5. The van der Waals surface area contributed by atoms with E-state index in [4.69, 9.17) is 0 Å². The molecule has 1 unspecified atom stereocenters. The van der Waals surface area contributed by atoms with Crippen LogP contribution in [0.3, 0.4) is 0 Å². The van der Waals surface area contributed by atoms with Crippen molar-refractivity contribution >= 4 is 34.8 Å². The average molecular weight is 387 g/mol. The summed E-state index contributed by atoms with van der Waals surface area (Å²) >= 11 is 0. The van der Waals surface area contributed by atoms with Gasteiger partial charge in [-0.15, -0.1) is 0 Å². The van der Waals surface area contributed by atoms with Crippen molar-refractivity contribution in [3.8, 4) is 0 Å². The second-order valence-corrected chi connectivity index (χ2v) is 6.47. The molecule has 3 rings (SSSR count). The quantitative estimate of drug-likeness (QED) is 0.826. The molecule has 2 aromatic rings. The monoisotopic (exact) mass is 387 g/mol. The van der Waals surface area contributed by atoms with Crippen molar-refractivity contribution in [1.29, 1.82) is 0 Å². The number of anilines is 3. The molecule has 2 aromatic carbocycles. The minimum Gasteiger partial charge on any atom is -0.326 e. The van der Waals surface area contributed by atoms with Gasteiger partial charge in [0, 0.05) is 36.8 Å². The standard InChI is InChI=1S/C20H19F2N3O3/c1-2-18(26)23-14-4-3-5-15(10-14)24-20(28)12-8-19(27)25(11-12)17-7-6-13(21)9-16(17)22/h3-7,9-10,12H,2,8,11H2,1H3,(H,23,26)(H,24,28). The Hall–Kier alpha value is -3.29. The summed E-state index contributed by atoms with van der Waals surface area (Å²) in [4.78, 5) is 37.4. The Kier molecular flexibility index (Phi) is 5.67. The highest BCUT2D eigenvalue weighted by Gasteiger charge is 2.36. The maximum atomic E-state index is 14.0. The lowest BCUT2D eigenvalue weighted by atomic mass is 10.1. The van der Waals surface area contributed by atoms with Crippen LogP contribution in [0.1, 0.15) is 19.8 Å². The molecule has 0 spiro atoms. The van der Waals surface area contributed by atoms with Crippen LogP contribution in [0, 0.1) is 17.6 Å². The summed E-state index contributed by atoms with van der Waals surface area (Å²) in [5, 5.41) is 5.41. The Morgan fingerprint density at radius 1 is 1.11 bits per heavy atom. The summed E-state index contributed by atoms with van der Waals surface area (Å²) in [6.45, 7) is 1.73. The number of nitrogens with zero attached hydrogens (tertiary/aromatic N) is 1. The number of hydrogen-bond acceptors (Lipinski definition) is 3. The number of halogens is 2. The molecular formula is C20H19F2N3O3. The van der Waals surface area contributed by atoms with E-state index in [0.29, 0.717) is 23.9 Å². The topological polar surface area (TPSA) is 78.5 Å². The molecular weight excluding hydrogens is 368 g/mol. The molecule has 8 heteroatoms. The van der Waals surface area contributed by atoms with Crippen LogP contribution in [0.2, 0.25) is 0 Å².